The summed E-state index contributed by atoms with van der Waals surface area (Å²) in [5.74, 6) is -0.560. The van der Waals surface area contributed by atoms with E-state index in [4.69, 9.17) is 14.6 Å². The number of carboxylic acids is 2. The zero-order valence-electron chi connectivity index (χ0n) is 14.0. The number of carbonyl (C=O) groups is 2. The molecule has 0 saturated heterocycles. The van der Waals surface area contributed by atoms with Crippen molar-refractivity contribution in [2.75, 3.05) is 5.32 Å². The number of anilines is 1. The Balaban J connectivity index is 1.69. The van der Waals surface area contributed by atoms with Crippen molar-refractivity contribution in [3.8, 4) is 11.3 Å². The van der Waals surface area contributed by atoms with Gasteiger partial charge in [0.25, 0.3) is 0 Å². The maximum absolute atomic E-state index is 11.0. The minimum absolute atomic E-state index is 0.225. The third-order valence-corrected chi connectivity index (χ3v) is 4.00. The predicted octanol–water partition coefficient (Wildman–Crippen LogP) is 4.26. The van der Waals surface area contributed by atoms with Crippen LogP contribution >= 0.6 is 0 Å². The quantitative estimate of drug-likeness (QED) is 0.613. The molecule has 6 heteroatoms. The minimum atomic E-state index is -0.967. The Morgan fingerprint density at radius 2 is 1.58 bits per heavy atom. The van der Waals surface area contributed by atoms with Crippen LogP contribution in [0.15, 0.2) is 59.0 Å². The van der Waals surface area contributed by atoms with Gasteiger partial charge in [-0.2, -0.15) is 0 Å². The van der Waals surface area contributed by atoms with Crippen molar-refractivity contribution >= 4 is 17.6 Å². The Labute approximate surface area is 149 Å². The van der Waals surface area contributed by atoms with Crippen LogP contribution in [0.4, 0.5) is 5.69 Å². The highest BCUT2D eigenvalue weighted by atomic mass is 16.4. The SMILES string of the molecule is Cc1cc(C(=O)O)ccc1NCc1ccc(-c2ccc(C(=O)O)cc2)o1. The molecular weight excluding hydrogens is 334 g/mol. The van der Waals surface area contributed by atoms with Crippen molar-refractivity contribution < 1.29 is 24.2 Å². The normalized spacial score (nSPS) is 10.5. The predicted molar refractivity (Wildman–Crippen MR) is 96.6 cm³/mol. The Morgan fingerprint density at radius 3 is 2.19 bits per heavy atom. The maximum Gasteiger partial charge on any atom is 0.335 e. The summed E-state index contributed by atoms with van der Waals surface area (Å²) in [6, 6.07) is 15.0. The second kappa shape index (κ2) is 7.14. The summed E-state index contributed by atoms with van der Waals surface area (Å²) in [6.45, 7) is 2.28. The van der Waals surface area contributed by atoms with Gasteiger partial charge in [-0.25, -0.2) is 9.59 Å². The van der Waals surface area contributed by atoms with Crippen LogP contribution in [-0.4, -0.2) is 22.2 Å². The Kier molecular flexibility index (Phi) is 4.75. The molecule has 0 saturated carbocycles. The van der Waals surface area contributed by atoms with Crippen molar-refractivity contribution in [3.63, 3.8) is 0 Å². The largest absolute Gasteiger partial charge is 0.478 e. The minimum Gasteiger partial charge on any atom is -0.478 e. The van der Waals surface area contributed by atoms with Crippen LogP contribution in [0.1, 0.15) is 32.0 Å². The highest BCUT2D eigenvalue weighted by molar-refractivity contribution is 5.89. The average Bonchev–Trinajstić information content (AvgIpc) is 3.09. The molecule has 0 amide bonds. The number of carboxylic acid groups (broad SMARTS) is 2. The van der Waals surface area contributed by atoms with Crippen LogP contribution in [0, 0.1) is 6.92 Å². The molecule has 1 heterocycles. The third kappa shape index (κ3) is 3.75. The van der Waals surface area contributed by atoms with E-state index in [2.05, 4.69) is 5.32 Å². The number of nitrogens with one attached hydrogen (secondary N) is 1. The van der Waals surface area contributed by atoms with Crippen LogP contribution in [0.25, 0.3) is 11.3 Å². The highest BCUT2D eigenvalue weighted by Crippen LogP contribution is 2.24. The van der Waals surface area contributed by atoms with E-state index in [1.54, 1.807) is 30.3 Å². The lowest BCUT2D eigenvalue weighted by molar-refractivity contribution is 0.0686. The smallest absolute Gasteiger partial charge is 0.335 e. The van der Waals surface area contributed by atoms with Crippen molar-refractivity contribution in [3.05, 3.63) is 77.0 Å². The molecule has 0 atom stereocenters. The van der Waals surface area contributed by atoms with Gasteiger partial charge in [0.05, 0.1) is 17.7 Å². The van der Waals surface area contributed by atoms with Crippen LogP contribution in [-0.2, 0) is 6.54 Å². The fourth-order valence-electron chi connectivity index (χ4n) is 2.58. The topological polar surface area (TPSA) is 99.8 Å². The summed E-state index contributed by atoms with van der Waals surface area (Å²) >= 11 is 0. The number of furan rings is 1. The number of benzene rings is 2. The van der Waals surface area contributed by atoms with Gasteiger partial charge in [-0.05, 0) is 55.0 Å². The van der Waals surface area contributed by atoms with E-state index in [1.165, 1.54) is 12.1 Å². The van der Waals surface area contributed by atoms with Gasteiger partial charge >= 0.3 is 11.9 Å². The Hall–Kier alpha value is -3.54. The van der Waals surface area contributed by atoms with Gasteiger partial charge in [0, 0.05) is 11.3 Å². The first-order valence-electron chi connectivity index (χ1n) is 7.94. The lowest BCUT2D eigenvalue weighted by atomic mass is 10.1. The van der Waals surface area contributed by atoms with Gasteiger partial charge < -0.3 is 19.9 Å². The number of aryl methyl sites for hydroxylation is 1. The monoisotopic (exact) mass is 351 g/mol. The van der Waals surface area contributed by atoms with Crippen molar-refractivity contribution in [1.29, 1.82) is 0 Å². The molecular formula is C20H17NO5. The molecule has 3 rings (SSSR count). The molecule has 132 valence electrons. The van der Waals surface area contributed by atoms with Crippen molar-refractivity contribution in [1.82, 2.24) is 0 Å². The van der Waals surface area contributed by atoms with Crippen molar-refractivity contribution in [2.45, 2.75) is 13.5 Å². The molecule has 0 spiro atoms. The van der Waals surface area contributed by atoms with Crippen LogP contribution in [0.3, 0.4) is 0 Å². The van der Waals surface area contributed by atoms with E-state index >= 15 is 0 Å². The molecule has 3 N–H and O–H groups in total. The molecule has 0 aliphatic heterocycles. The lowest BCUT2D eigenvalue weighted by Crippen LogP contribution is -2.02. The number of hydrogen-bond donors (Lipinski definition) is 3. The van der Waals surface area contributed by atoms with E-state index in [9.17, 15) is 9.59 Å². The Morgan fingerprint density at radius 1 is 0.923 bits per heavy atom. The van der Waals surface area contributed by atoms with Crippen LogP contribution in [0.2, 0.25) is 0 Å². The van der Waals surface area contributed by atoms with E-state index in [1.807, 2.05) is 19.1 Å². The zero-order valence-corrected chi connectivity index (χ0v) is 14.0. The number of hydrogen-bond acceptors (Lipinski definition) is 4. The first kappa shape index (κ1) is 17.3. The number of aromatic carboxylic acids is 2. The standard InChI is InChI=1S/C20H17NO5/c1-12-10-15(20(24)25)6-8-17(12)21-11-16-7-9-18(26-16)13-2-4-14(5-3-13)19(22)23/h2-10,21H,11H2,1H3,(H,22,23)(H,24,25). The van der Waals surface area contributed by atoms with Gasteiger partial charge in [-0.15, -0.1) is 0 Å². The molecule has 0 aliphatic carbocycles. The fraction of sp³-hybridized carbons (Fsp3) is 0.100. The van der Waals surface area contributed by atoms with Gasteiger partial charge in [0.1, 0.15) is 11.5 Å². The van der Waals surface area contributed by atoms with Gasteiger partial charge in [0.15, 0.2) is 0 Å². The molecule has 6 nitrogen and oxygen atoms in total. The molecule has 2 aromatic carbocycles. The van der Waals surface area contributed by atoms with Crippen LogP contribution in [0.5, 0.6) is 0 Å². The average molecular weight is 351 g/mol. The molecule has 26 heavy (non-hydrogen) atoms. The summed E-state index contributed by atoms with van der Waals surface area (Å²) in [5.41, 5.74) is 2.93. The summed E-state index contributed by atoms with van der Waals surface area (Å²) in [5, 5.41) is 21.2. The van der Waals surface area contributed by atoms with Crippen LogP contribution < -0.4 is 5.32 Å². The number of rotatable bonds is 6. The fourth-order valence-corrected chi connectivity index (χ4v) is 2.58. The maximum atomic E-state index is 11.0. The zero-order chi connectivity index (χ0) is 18.7. The molecule has 0 unspecified atom stereocenters. The second-order valence-corrected chi connectivity index (χ2v) is 5.84. The third-order valence-electron chi connectivity index (χ3n) is 4.00. The van der Waals surface area contributed by atoms with E-state index in [0.29, 0.717) is 18.1 Å². The Bertz CT molecular complexity index is 957. The first-order chi connectivity index (χ1) is 12.4. The molecule has 0 radical (unpaired) electrons. The van der Waals surface area contributed by atoms with E-state index in [0.717, 1.165) is 16.8 Å². The summed E-state index contributed by atoms with van der Waals surface area (Å²) < 4.78 is 5.79. The first-order valence-corrected chi connectivity index (χ1v) is 7.94. The van der Waals surface area contributed by atoms with E-state index < -0.39 is 11.9 Å². The van der Waals surface area contributed by atoms with Crippen molar-refractivity contribution in [2.24, 2.45) is 0 Å². The molecule has 0 bridgehead atoms. The summed E-state index contributed by atoms with van der Waals surface area (Å²) in [6.07, 6.45) is 0. The highest BCUT2D eigenvalue weighted by Gasteiger charge is 2.09. The molecule has 0 fully saturated rings. The lowest BCUT2D eigenvalue weighted by Gasteiger charge is -2.09. The molecule has 3 aromatic rings. The molecule has 1 aromatic heterocycles. The van der Waals surface area contributed by atoms with Gasteiger partial charge in [0.2, 0.25) is 0 Å². The molecule has 0 aliphatic rings. The second-order valence-electron chi connectivity index (χ2n) is 5.84. The van der Waals surface area contributed by atoms with E-state index in [-0.39, 0.29) is 11.1 Å². The summed E-state index contributed by atoms with van der Waals surface area (Å²) in [4.78, 5) is 21.9. The van der Waals surface area contributed by atoms with Gasteiger partial charge in [-0.3, -0.25) is 0 Å². The summed E-state index contributed by atoms with van der Waals surface area (Å²) in [7, 11) is 0. The van der Waals surface area contributed by atoms with Gasteiger partial charge in [-0.1, -0.05) is 12.1 Å².